The summed E-state index contributed by atoms with van der Waals surface area (Å²) in [5, 5.41) is 0. The SMILES string of the molecule is C(/C=C\Cc1ccccc1)=Nc1ccccc1. The van der Waals surface area contributed by atoms with Gasteiger partial charge in [-0.15, -0.1) is 0 Å². The van der Waals surface area contributed by atoms with E-state index in [9.17, 15) is 0 Å². The minimum absolute atomic E-state index is 0.946. The second kappa shape index (κ2) is 6.44. The molecule has 0 atom stereocenters. The summed E-state index contributed by atoms with van der Waals surface area (Å²) in [5.74, 6) is 0. The molecule has 0 aromatic heterocycles. The van der Waals surface area contributed by atoms with Gasteiger partial charge in [0.15, 0.2) is 0 Å². The first kappa shape index (κ1) is 11.3. The van der Waals surface area contributed by atoms with Crippen LogP contribution >= 0.6 is 0 Å². The third-order valence-electron chi connectivity index (χ3n) is 2.40. The highest BCUT2D eigenvalue weighted by Gasteiger charge is 1.84. The Balaban J connectivity index is 1.85. The van der Waals surface area contributed by atoms with E-state index in [4.69, 9.17) is 0 Å². The van der Waals surface area contributed by atoms with Crippen molar-refractivity contribution in [3.63, 3.8) is 0 Å². The quantitative estimate of drug-likeness (QED) is 0.686. The van der Waals surface area contributed by atoms with Crippen molar-refractivity contribution < 1.29 is 0 Å². The van der Waals surface area contributed by atoms with E-state index in [1.54, 1.807) is 0 Å². The minimum atomic E-state index is 0.946. The first-order valence-corrected chi connectivity index (χ1v) is 5.73. The normalized spacial score (nSPS) is 11.3. The van der Waals surface area contributed by atoms with Gasteiger partial charge in [0.1, 0.15) is 0 Å². The van der Waals surface area contributed by atoms with Crippen LogP contribution in [0.3, 0.4) is 0 Å². The number of rotatable bonds is 4. The van der Waals surface area contributed by atoms with Gasteiger partial charge in [0.2, 0.25) is 0 Å². The molecule has 0 radical (unpaired) electrons. The van der Waals surface area contributed by atoms with Crippen molar-refractivity contribution in [2.45, 2.75) is 6.42 Å². The molecule has 17 heavy (non-hydrogen) atoms. The van der Waals surface area contributed by atoms with Gasteiger partial charge in [-0.3, -0.25) is 4.99 Å². The zero-order valence-electron chi connectivity index (χ0n) is 9.66. The fourth-order valence-electron chi connectivity index (χ4n) is 1.52. The van der Waals surface area contributed by atoms with E-state index < -0.39 is 0 Å². The van der Waals surface area contributed by atoms with Crippen molar-refractivity contribution in [1.82, 2.24) is 0 Å². The number of hydrogen-bond donors (Lipinski definition) is 0. The Labute approximate surface area is 102 Å². The number of nitrogens with zero attached hydrogens (tertiary/aromatic N) is 1. The first-order valence-electron chi connectivity index (χ1n) is 5.73. The van der Waals surface area contributed by atoms with Gasteiger partial charge in [-0.25, -0.2) is 0 Å². The number of benzene rings is 2. The van der Waals surface area contributed by atoms with Gasteiger partial charge in [0.25, 0.3) is 0 Å². The molecular formula is C16H15N. The maximum atomic E-state index is 4.33. The van der Waals surface area contributed by atoms with E-state index in [0.29, 0.717) is 0 Å². The molecule has 2 rings (SSSR count). The zero-order chi connectivity index (χ0) is 11.8. The van der Waals surface area contributed by atoms with E-state index in [-0.39, 0.29) is 0 Å². The Bertz CT molecular complexity index is 483. The van der Waals surface area contributed by atoms with Crippen LogP contribution in [0.1, 0.15) is 5.56 Å². The van der Waals surface area contributed by atoms with Crippen molar-refractivity contribution >= 4 is 11.9 Å². The van der Waals surface area contributed by atoms with Crippen molar-refractivity contribution in [2.24, 2.45) is 4.99 Å². The predicted octanol–water partition coefficient (Wildman–Crippen LogP) is 4.19. The Morgan fingerprint density at radius 2 is 1.47 bits per heavy atom. The lowest BCUT2D eigenvalue weighted by atomic mass is 10.1. The summed E-state index contributed by atoms with van der Waals surface area (Å²) in [7, 11) is 0. The molecule has 0 aliphatic rings. The zero-order valence-corrected chi connectivity index (χ0v) is 9.66. The summed E-state index contributed by atoms with van der Waals surface area (Å²) in [4.78, 5) is 4.33. The number of allylic oxidation sites excluding steroid dienone is 2. The number of hydrogen-bond acceptors (Lipinski definition) is 1. The molecule has 1 heteroatoms. The summed E-state index contributed by atoms with van der Waals surface area (Å²) < 4.78 is 0. The molecule has 2 aromatic rings. The molecule has 0 amide bonds. The highest BCUT2D eigenvalue weighted by molar-refractivity contribution is 5.74. The average Bonchev–Trinajstić information content (AvgIpc) is 2.41. The summed E-state index contributed by atoms with van der Waals surface area (Å²) >= 11 is 0. The van der Waals surface area contributed by atoms with Gasteiger partial charge in [-0.2, -0.15) is 0 Å². The van der Waals surface area contributed by atoms with Crippen LogP contribution in [0, 0.1) is 0 Å². The van der Waals surface area contributed by atoms with Crippen LogP contribution < -0.4 is 0 Å². The van der Waals surface area contributed by atoms with Gasteiger partial charge in [0, 0.05) is 6.21 Å². The summed E-state index contributed by atoms with van der Waals surface area (Å²) in [6.45, 7) is 0. The van der Waals surface area contributed by atoms with Gasteiger partial charge in [-0.1, -0.05) is 54.6 Å². The van der Waals surface area contributed by atoms with Crippen LogP contribution in [-0.2, 0) is 6.42 Å². The molecule has 0 bridgehead atoms. The van der Waals surface area contributed by atoms with E-state index in [2.05, 4.69) is 35.3 Å². The smallest absolute Gasteiger partial charge is 0.0629 e. The molecule has 2 aromatic carbocycles. The van der Waals surface area contributed by atoms with Gasteiger partial charge in [-0.05, 0) is 30.2 Å². The Kier molecular flexibility index (Phi) is 4.29. The summed E-state index contributed by atoms with van der Waals surface area (Å²) in [6, 6.07) is 20.3. The molecular weight excluding hydrogens is 206 g/mol. The highest BCUT2D eigenvalue weighted by Crippen LogP contribution is 2.08. The topological polar surface area (TPSA) is 12.4 Å². The van der Waals surface area contributed by atoms with Crippen molar-refractivity contribution in [1.29, 1.82) is 0 Å². The Morgan fingerprint density at radius 1 is 0.824 bits per heavy atom. The second-order valence-corrected chi connectivity index (χ2v) is 3.73. The third kappa shape index (κ3) is 4.07. The van der Waals surface area contributed by atoms with E-state index in [1.165, 1.54) is 5.56 Å². The Hall–Kier alpha value is -2.15. The molecule has 0 N–H and O–H groups in total. The largest absolute Gasteiger partial charge is 0.257 e. The molecule has 0 aliphatic heterocycles. The lowest BCUT2D eigenvalue weighted by Crippen LogP contribution is -1.78. The highest BCUT2D eigenvalue weighted by atomic mass is 14.7. The number of aliphatic imine (C=N–C) groups is 1. The Morgan fingerprint density at radius 3 is 2.18 bits per heavy atom. The third-order valence-corrected chi connectivity index (χ3v) is 2.40. The fourth-order valence-corrected chi connectivity index (χ4v) is 1.52. The lowest BCUT2D eigenvalue weighted by molar-refractivity contribution is 1.27. The maximum absolute atomic E-state index is 4.33. The van der Waals surface area contributed by atoms with Gasteiger partial charge in [0.05, 0.1) is 5.69 Å². The second-order valence-electron chi connectivity index (χ2n) is 3.73. The molecule has 0 aliphatic carbocycles. The van der Waals surface area contributed by atoms with Crippen LogP contribution in [0.5, 0.6) is 0 Å². The van der Waals surface area contributed by atoms with Crippen LogP contribution in [0.2, 0.25) is 0 Å². The molecule has 0 saturated heterocycles. The van der Waals surface area contributed by atoms with E-state index >= 15 is 0 Å². The monoisotopic (exact) mass is 221 g/mol. The molecule has 0 saturated carbocycles. The molecule has 0 heterocycles. The molecule has 0 fully saturated rings. The average molecular weight is 221 g/mol. The van der Waals surface area contributed by atoms with E-state index in [0.717, 1.165) is 12.1 Å². The molecule has 0 spiro atoms. The minimum Gasteiger partial charge on any atom is -0.257 e. The van der Waals surface area contributed by atoms with Crippen LogP contribution in [0.4, 0.5) is 5.69 Å². The summed E-state index contributed by atoms with van der Waals surface area (Å²) in [5.41, 5.74) is 2.30. The maximum Gasteiger partial charge on any atom is 0.0629 e. The molecule has 0 unspecified atom stereocenters. The van der Waals surface area contributed by atoms with Crippen LogP contribution in [0.25, 0.3) is 0 Å². The summed E-state index contributed by atoms with van der Waals surface area (Å²) in [6.07, 6.45) is 6.88. The van der Waals surface area contributed by atoms with E-state index in [1.807, 2.05) is 48.7 Å². The van der Waals surface area contributed by atoms with Crippen molar-refractivity contribution in [2.75, 3.05) is 0 Å². The van der Waals surface area contributed by atoms with Crippen LogP contribution in [-0.4, -0.2) is 6.21 Å². The molecule has 1 nitrogen and oxygen atoms in total. The van der Waals surface area contributed by atoms with Crippen molar-refractivity contribution in [3.05, 3.63) is 78.4 Å². The van der Waals surface area contributed by atoms with Gasteiger partial charge < -0.3 is 0 Å². The molecule has 84 valence electrons. The number of para-hydroxylation sites is 1. The fraction of sp³-hybridized carbons (Fsp3) is 0.0625. The van der Waals surface area contributed by atoms with Gasteiger partial charge >= 0.3 is 0 Å². The standard InChI is InChI=1S/C16H15N/c1-3-9-15(10-4-1)11-7-8-14-17-16-12-5-2-6-13-16/h1-10,12-14H,11H2/b8-7-,17-14?. The first-order chi connectivity index (χ1) is 8.45. The van der Waals surface area contributed by atoms with Crippen LogP contribution in [0.15, 0.2) is 77.8 Å². The van der Waals surface area contributed by atoms with Crippen molar-refractivity contribution in [3.8, 4) is 0 Å². The lowest BCUT2D eigenvalue weighted by Gasteiger charge is -1.93. The predicted molar refractivity (Wildman–Crippen MR) is 73.9 cm³/mol.